The second-order valence-corrected chi connectivity index (χ2v) is 8.25. The summed E-state index contributed by atoms with van der Waals surface area (Å²) in [6, 6.07) is 9.65. The van der Waals surface area contributed by atoms with Crippen LogP contribution in [-0.2, 0) is 16.1 Å². The molecule has 1 unspecified atom stereocenters. The predicted octanol–water partition coefficient (Wildman–Crippen LogP) is 3.70. The Balaban J connectivity index is 1.48. The lowest BCUT2D eigenvalue weighted by molar-refractivity contribution is 0.0475. The van der Waals surface area contributed by atoms with Crippen LogP contribution in [0.25, 0.3) is 0 Å². The summed E-state index contributed by atoms with van der Waals surface area (Å²) in [6.45, 7) is 7.12. The van der Waals surface area contributed by atoms with Crippen molar-refractivity contribution in [2.45, 2.75) is 57.8 Å². The van der Waals surface area contributed by atoms with Gasteiger partial charge in [0.05, 0.1) is 0 Å². The standard InChI is InChI=1S/C20H28N2O4/c1-19(2,3)26-17(23)21-20(10-11-20)16-9-12-22(13-16)18(24)25-14-15-7-5-4-6-8-15/h4-8,16H,9-14H2,1-3H3,(H,21,23). The number of nitrogens with zero attached hydrogens (tertiary/aromatic N) is 1. The molecule has 1 aliphatic carbocycles. The summed E-state index contributed by atoms with van der Waals surface area (Å²) in [4.78, 5) is 26.2. The highest BCUT2D eigenvalue weighted by Gasteiger charge is 2.53. The molecule has 1 aromatic rings. The van der Waals surface area contributed by atoms with E-state index in [1.165, 1.54) is 0 Å². The Labute approximate surface area is 154 Å². The van der Waals surface area contributed by atoms with Gasteiger partial charge < -0.3 is 19.7 Å². The van der Waals surface area contributed by atoms with Crippen LogP contribution >= 0.6 is 0 Å². The monoisotopic (exact) mass is 360 g/mol. The molecule has 6 nitrogen and oxygen atoms in total. The third kappa shape index (κ3) is 4.68. The molecule has 1 saturated carbocycles. The van der Waals surface area contributed by atoms with Crippen molar-refractivity contribution in [1.82, 2.24) is 10.2 Å². The first-order valence-corrected chi connectivity index (χ1v) is 9.24. The number of hydrogen-bond acceptors (Lipinski definition) is 4. The van der Waals surface area contributed by atoms with Crippen LogP contribution in [0.5, 0.6) is 0 Å². The Bertz CT molecular complexity index is 650. The van der Waals surface area contributed by atoms with E-state index in [-0.39, 0.29) is 30.3 Å². The van der Waals surface area contributed by atoms with Crippen LogP contribution in [-0.4, -0.2) is 41.3 Å². The van der Waals surface area contributed by atoms with E-state index in [1.54, 1.807) is 4.90 Å². The quantitative estimate of drug-likeness (QED) is 0.889. The Kier molecular flexibility index (Phi) is 5.12. The highest BCUT2D eigenvalue weighted by Crippen LogP contribution is 2.46. The zero-order valence-corrected chi connectivity index (χ0v) is 15.8. The van der Waals surface area contributed by atoms with Crippen LogP contribution in [0.4, 0.5) is 9.59 Å². The first-order chi connectivity index (χ1) is 12.3. The minimum Gasteiger partial charge on any atom is -0.445 e. The number of amides is 2. The van der Waals surface area contributed by atoms with E-state index in [2.05, 4.69) is 5.32 Å². The maximum absolute atomic E-state index is 12.3. The summed E-state index contributed by atoms with van der Waals surface area (Å²) in [5.74, 6) is 0.249. The van der Waals surface area contributed by atoms with Gasteiger partial charge in [0, 0.05) is 24.5 Å². The molecule has 6 heteroatoms. The summed E-state index contributed by atoms with van der Waals surface area (Å²) in [5, 5.41) is 3.04. The van der Waals surface area contributed by atoms with E-state index >= 15 is 0 Å². The van der Waals surface area contributed by atoms with Crippen LogP contribution in [0.2, 0.25) is 0 Å². The maximum Gasteiger partial charge on any atom is 0.410 e. The van der Waals surface area contributed by atoms with Crippen molar-refractivity contribution in [3.05, 3.63) is 35.9 Å². The molecule has 142 valence electrons. The van der Waals surface area contributed by atoms with Gasteiger partial charge in [-0.25, -0.2) is 9.59 Å². The molecule has 26 heavy (non-hydrogen) atoms. The van der Waals surface area contributed by atoms with Gasteiger partial charge in [-0.1, -0.05) is 30.3 Å². The van der Waals surface area contributed by atoms with Crippen molar-refractivity contribution in [3.8, 4) is 0 Å². The average Bonchev–Trinajstić information content (AvgIpc) is 3.16. The lowest BCUT2D eigenvalue weighted by Gasteiger charge is -2.27. The summed E-state index contributed by atoms with van der Waals surface area (Å²) in [7, 11) is 0. The summed E-state index contributed by atoms with van der Waals surface area (Å²) >= 11 is 0. The number of ether oxygens (including phenoxy) is 2. The van der Waals surface area contributed by atoms with Crippen LogP contribution in [0, 0.1) is 5.92 Å². The predicted molar refractivity (Wildman–Crippen MR) is 97.6 cm³/mol. The zero-order chi connectivity index (χ0) is 18.8. The molecule has 0 radical (unpaired) electrons. The first-order valence-electron chi connectivity index (χ1n) is 9.24. The molecule has 1 atom stereocenters. The van der Waals surface area contributed by atoms with Crippen molar-refractivity contribution in [3.63, 3.8) is 0 Å². The number of nitrogens with one attached hydrogen (secondary N) is 1. The Morgan fingerprint density at radius 2 is 1.92 bits per heavy atom. The minimum absolute atomic E-state index is 0.225. The van der Waals surface area contributed by atoms with Crippen molar-refractivity contribution >= 4 is 12.2 Å². The zero-order valence-electron chi connectivity index (χ0n) is 15.8. The highest BCUT2D eigenvalue weighted by atomic mass is 16.6. The van der Waals surface area contributed by atoms with E-state index in [1.807, 2.05) is 51.1 Å². The summed E-state index contributed by atoms with van der Waals surface area (Å²) < 4.78 is 10.8. The molecule has 0 bridgehead atoms. The second kappa shape index (κ2) is 7.17. The van der Waals surface area contributed by atoms with E-state index in [0.717, 1.165) is 24.8 Å². The van der Waals surface area contributed by atoms with E-state index in [0.29, 0.717) is 13.1 Å². The molecular formula is C20H28N2O4. The molecule has 2 fully saturated rings. The second-order valence-electron chi connectivity index (χ2n) is 8.25. The number of likely N-dealkylation sites (tertiary alicyclic amines) is 1. The number of carbonyl (C=O) groups is 2. The Hall–Kier alpha value is -2.24. The minimum atomic E-state index is -0.511. The largest absolute Gasteiger partial charge is 0.445 e. The van der Waals surface area contributed by atoms with E-state index in [9.17, 15) is 9.59 Å². The Morgan fingerprint density at radius 1 is 1.23 bits per heavy atom. The lowest BCUT2D eigenvalue weighted by Crippen LogP contribution is -2.46. The van der Waals surface area contributed by atoms with E-state index in [4.69, 9.17) is 9.47 Å². The first kappa shape index (κ1) is 18.5. The molecular weight excluding hydrogens is 332 g/mol. The third-order valence-corrected chi connectivity index (χ3v) is 4.97. The van der Waals surface area contributed by atoms with Gasteiger partial charge in [0.25, 0.3) is 0 Å². The number of benzene rings is 1. The maximum atomic E-state index is 12.3. The Morgan fingerprint density at radius 3 is 2.54 bits per heavy atom. The number of hydrogen-bond donors (Lipinski definition) is 1. The van der Waals surface area contributed by atoms with Gasteiger partial charge in [-0.15, -0.1) is 0 Å². The molecule has 1 aromatic carbocycles. The van der Waals surface area contributed by atoms with Crippen LogP contribution in [0.15, 0.2) is 30.3 Å². The van der Waals surface area contributed by atoms with Crippen molar-refractivity contribution in [1.29, 1.82) is 0 Å². The molecule has 2 aliphatic rings. The number of carbonyl (C=O) groups excluding carboxylic acids is 2. The lowest BCUT2D eigenvalue weighted by atomic mass is 9.96. The number of alkyl carbamates (subject to hydrolysis) is 1. The molecule has 0 aromatic heterocycles. The fourth-order valence-electron chi connectivity index (χ4n) is 3.46. The average molecular weight is 360 g/mol. The topological polar surface area (TPSA) is 67.9 Å². The van der Waals surface area contributed by atoms with Crippen molar-refractivity contribution < 1.29 is 19.1 Å². The van der Waals surface area contributed by atoms with E-state index < -0.39 is 5.60 Å². The molecule has 3 rings (SSSR count). The van der Waals surface area contributed by atoms with Gasteiger partial charge in [-0.05, 0) is 45.6 Å². The number of rotatable bonds is 4. The summed E-state index contributed by atoms with van der Waals surface area (Å²) in [6.07, 6.45) is 2.08. The van der Waals surface area contributed by atoms with Crippen LogP contribution in [0.1, 0.15) is 45.6 Å². The smallest absolute Gasteiger partial charge is 0.410 e. The molecule has 0 spiro atoms. The van der Waals surface area contributed by atoms with Gasteiger partial charge in [-0.2, -0.15) is 0 Å². The van der Waals surface area contributed by atoms with Gasteiger partial charge in [-0.3, -0.25) is 0 Å². The molecule has 2 amide bonds. The third-order valence-electron chi connectivity index (χ3n) is 4.97. The van der Waals surface area contributed by atoms with Crippen molar-refractivity contribution in [2.75, 3.05) is 13.1 Å². The molecule has 1 saturated heterocycles. The fraction of sp³-hybridized carbons (Fsp3) is 0.600. The van der Waals surface area contributed by atoms with Gasteiger partial charge in [0.1, 0.15) is 12.2 Å². The molecule has 1 heterocycles. The van der Waals surface area contributed by atoms with Crippen LogP contribution in [0.3, 0.4) is 0 Å². The fourth-order valence-corrected chi connectivity index (χ4v) is 3.46. The van der Waals surface area contributed by atoms with Gasteiger partial charge >= 0.3 is 12.2 Å². The summed E-state index contributed by atoms with van der Waals surface area (Å²) in [5.41, 5.74) is 0.238. The highest BCUT2D eigenvalue weighted by molar-refractivity contribution is 5.70. The normalized spacial score (nSPS) is 21.2. The molecule has 1 aliphatic heterocycles. The van der Waals surface area contributed by atoms with Gasteiger partial charge in [0.2, 0.25) is 0 Å². The van der Waals surface area contributed by atoms with Crippen molar-refractivity contribution in [2.24, 2.45) is 5.92 Å². The SMILES string of the molecule is CC(C)(C)OC(=O)NC1(C2CCN(C(=O)OCc3ccccc3)C2)CC1. The van der Waals surface area contributed by atoms with Gasteiger partial charge in [0.15, 0.2) is 0 Å². The molecule has 1 N–H and O–H groups in total. The van der Waals surface area contributed by atoms with Crippen LogP contribution < -0.4 is 5.32 Å².